The van der Waals surface area contributed by atoms with Crippen LogP contribution in [0.3, 0.4) is 0 Å². The summed E-state index contributed by atoms with van der Waals surface area (Å²) in [6, 6.07) is 14.2. The lowest BCUT2D eigenvalue weighted by atomic mass is 9.93. The van der Waals surface area contributed by atoms with Crippen LogP contribution in [-0.2, 0) is 23.9 Å². The van der Waals surface area contributed by atoms with E-state index in [4.69, 9.17) is 23.7 Å². The summed E-state index contributed by atoms with van der Waals surface area (Å²) >= 11 is 0. The van der Waals surface area contributed by atoms with Crippen LogP contribution in [0, 0.1) is 5.92 Å². The van der Waals surface area contributed by atoms with E-state index < -0.39 is 17.9 Å². The molecule has 8 heteroatoms. The maximum absolute atomic E-state index is 12.6. The Balaban J connectivity index is 1.41. The van der Waals surface area contributed by atoms with Crippen LogP contribution in [0.1, 0.15) is 25.8 Å². The number of hydrogen-bond acceptors (Lipinski definition) is 8. The number of esters is 3. The quantitative estimate of drug-likeness (QED) is 0.149. The zero-order valence-electron chi connectivity index (χ0n) is 22.1. The third kappa shape index (κ3) is 9.34. The molecule has 0 bridgehead atoms. The first-order valence-electron chi connectivity index (χ1n) is 12.4. The Bertz CT molecular complexity index is 1250. The van der Waals surface area contributed by atoms with Crippen LogP contribution in [0.2, 0.25) is 0 Å². The predicted octanol–water partition coefficient (Wildman–Crippen LogP) is 5.25. The van der Waals surface area contributed by atoms with E-state index in [-0.39, 0.29) is 32.4 Å². The van der Waals surface area contributed by atoms with Crippen molar-refractivity contribution >= 4 is 23.5 Å². The van der Waals surface area contributed by atoms with Gasteiger partial charge < -0.3 is 23.7 Å². The molecule has 0 aliphatic heterocycles. The fourth-order valence-electron chi connectivity index (χ4n) is 3.38. The molecule has 0 aromatic heterocycles. The maximum atomic E-state index is 12.6. The number of allylic oxidation sites excluding steroid dienone is 3. The molecular weight excluding hydrogens is 500 g/mol. The van der Waals surface area contributed by atoms with E-state index in [2.05, 4.69) is 13.2 Å². The lowest BCUT2D eigenvalue weighted by molar-refractivity contribution is -0.140. The molecule has 8 nitrogen and oxygen atoms in total. The summed E-state index contributed by atoms with van der Waals surface area (Å²) in [7, 11) is 0. The summed E-state index contributed by atoms with van der Waals surface area (Å²) in [6.45, 7) is 10.9. The first-order chi connectivity index (χ1) is 18.7. The molecule has 0 heterocycles. The average molecular weight is 533 g/mol. The van der Waals surface area contributed by atoms with E-state index >= 15 is 0 Å². The summed E-state index contributed by atoms with van der Waals surface area (Å²) in [6.07, 6.45) is 6.25. The van der Waals surface area contributed by atoms with Crippen molar-refractivity contribution in [2.24, 2.45) is 5.92 Å². The van der Waals surface area contributed by atoms with Gasteiger partial charge in [0.25, 0.3) is 0 Å². The van der Waals surface area contributed by atoms with E-state index in [1.165, 1.54) is 0 Å². The molecule has 1 unspecified atom stereocenters. The lowest BCUT2D eigenvalue weighted by Crippen LogP contribution is -2.19. The molecule has 2 aromatic carbocycles. The molecule has 3 rings (SSSR count). The van der Waals surface area contributed by atoms with Crippen molar-refractivity contribution < 1.29 is 38.1 Å². The fraction of sp³-hybridized carbons (Fsp3) is 0.258. The van der Waals surface area contributed by atoms with Gasteiger partial charge in [0.1, 0.15) is 43.7 Å². The highest BCUT2D eigenvalue weighted by atomic mass is 16.6. The van der Waals surface area contributed by atoms with Crippen molar-refractivity contribution in [1.29, 1.82) is 0 Å². The number of rotatable bonds is 13. The van der Waals surface area contributed by atoms with Crippen LogP contribution in [0.25, 0.3) is 5.57 Å². The van der Waals surface area contributed by atoms with E-state index in [1.807, 2.05) is 42.5 Å². The van der Waals surface area contributed by atoms with E-state index in [0.29, 0.717) is 34.8 Å². The predicted molar refractivity (Wildman–Crippen MR) is 146 cm³/mol. The molecule has 204 valence electrons. The standard InChI is InChI=1S/C31H32O8/c1-21(2)29(32)37-19-17-35-26-11-9-24(10-12-26)23-5-7-25(8-6-23)31(34)39-28-15-13-27(14-16-28)36-18-20-38-30(33)22(3)4/h5-7,9-16,25H,1,3,8,17-20H2,2,4H3. The molecule has 1 atom stereocenters. The van der Waals surface area contributed by atoms with Gasteiger partial charge in [-0.25, -0.2) is 9.59 Å². The Morgan fingerprint density at radius 2 is 1.23 bits per heavy atom. The van der Waals surface area contributed by atoms with Crippen LogP contribution in [0.15, 0.2) is 91.1 Å². The van der Waals surface area contributed by atoms with Crippen molar-refractivity contribution in [2.75, 3.05) is 26.4 Å². The zero-order valence-corrected chi connectivity index (χ0v) is 22.1. The molecule has 0 saturated carbocycles. The SMILES string of the molecule is C=C(C)C(=O)OCCOc1ccc(OC(=O)C2C=CC(c3ccc(OCCOC(=O)C(=C)C)cc3)=CC2)cc1. The van der Waals surface area contributed by atoms with Gasteiger partial charge in [-0.15, -0.1) is 0 Å². The van der Waals surface area contributed by atoms with Crippen molar-refractivity contribution in [3.8, 4) is 17.2 Å². The van der Waals surface area contributed by atoms with E-state index in [9.17, 15) is 14.4 Å². The summed E-state index contributed by atoms with van der Waals surface area (Å²) in [5.41, 5.74) is 2.67. The topological polar surface area (TPSA) is 97.4 Å². The van der Waals surface area contributed by atoms with Crippen LogP contribution in [-0.4, -0.2) is 44.3 Å². The number of benzene rings is 2. The second-order valence-corrected chi connectivity index (χ2v) is 8.81. The van der Waals surface area contributed by atoms with Crippen molar-refractivity contribution in [3.05, 3.63) is 96.6 Å². The van der Waals surface area contributed by atoms with Gasteiger partial charge in [0.15, 0.2) is 0 Å². The number of ether oxygens (including phenoxy) is 5. The molecule has 1 aliphatic carbocycles. The summed E-state index contributed by atoms with van der Waals surface area (Å²) in [5.74, 6) is -0.000304. The van der Waals surface area contributed by atoms with E-state index in [0.717, 1.165) is 11.1 Å². The number of hydrogen-bond donors (Lipinski definition) is 0. The zero-order chi connectivity index (χ0) is 28.2. The molecule has 0 spiro atoms. The van der Waals surface area contributed by atoms with Gasteiger partial charge in [-0.1, -0.05) is 43.5 Å². The Kier molecular flexibility index (Phi) is 10.7. The van der Waals surface area contributed by atoms with Crippen molar-refractivity contribution in [1.82, 2.24) is 0 Å². The second kappa shape index (κ2) is 14.4. The van der Waals surface area contributed by atoms with Gasteiger partial charge >= 0.3 is 17.9 Å². The normalized spacial score (nSPS) is 14.0. The monoisotopic (exact) mass is 532 g/mol. The van der Waals surface area contributed by atoms with Gasteiger partial charge in [0, 0.05) is 11.1 Å². The van der Waals surface area contributed by atoms with Crippen molar-refractivity contribution in [3.63, 3.8) is 0 Å². The van der Waals surface area contributed by atoms with Crippen LogP contribution >= 0.6 is 0 Å². The average Bonchev–Trinajstić information content (AvgIpc) is 2.94. The summed E-state index contributed by atoms with van der Waals surface area (Å²) in [5, 5.41) is 0. The fourth-order valence-corrected chi connectivity index (χ4v) is 3.38. The third-order valence-electron chi connectivity index (χ3n) is 5.50. The molecule has 0 amide bonds. The smallest absolute Gasteiger partial charge is 0.333 e. The largest absolute Gasteiger partial charge is 0.490 e. The Morgan fingerprint density at radius 3 is 1.69 bits per heavy atom. The summed E-state index contributed by atoms with van der Waals surface area (Å²) in [4.78, 5) is 35.4. The van der Waals surface area contributed by atoms with Crippen LogP contribution in [0.4, 0.5) is 0 Å². The first-order valence-corrected chi connectivity index (χ1v) is 12.4. The molecule has 0 N–H and O–H groups in total. The Labute approximate surface area is 228 Å². The molecular formula is C31H32O8. The Morgan fingerprint density at radius 1 is 0.744 bits per heavy atom. The summed E-state index contributed by atoms with van der Waals surface area (Å²) < 4.78 is 26.6. The minimum Gasteiger partial charge on any atom is -0.490 e. The van der Waals surface area contributed by atoms with Crippen LogP contribution in [0.5, 0.6) is 17.2 Å². The van der Waals surface area contributed by atoms with Gasteiger partial charge in [-0.2, -0.15) is 0 Å². The van der Waals surface area contributed by atoms with E-state index in [1.54, 1.807) is 38.1 Å². The molecule has 2 aromatic rings. The van der Waals surface area contributed by atoms with Gasteiger partial charge in [-0.05, 0) is 67.8 Å². The Hall–Kier alpha value is -4.59. The highest BCUT2D eigenvalue weighted by molar-refractivity contribution is 5.87. The van der Waals surface area contributed by atoms with Gasteiger partial charge in [0.05, 0.1) is 5.92 Å². The van der Waals surface area contributed by atoms with Gasteiger partial charge in [0.2, 0.25) is 0 Å². The highest BCUT2D eigenvalue weighted by Crippen LogP contribution is 2.27. The lowest BCUT2D eigenvalue weighted by Gasteiger charge is -2.16. The highest BCUT2D eigenvalue weighted by Gasteiger charge is 2.20. The van der Waals surface area contributed by atoms with Gasteiger partial charge in [-0.3, -0.25) is 4.79 Å². The third-order valence-corrected chi connectivity index (χ3v) is 5.50. The number of carbonyl (C=O) groups is 3. The maximum Gasteiger partial charge on any atom is 0.333 e. The molecule has 0 saturated heterocycles. The first kappa shape index (κ1) is 29.0. The van der Waals surface area contributed by atoms with Crippen molar-refractivity contribution in [2.45, 2.75) is 20.3 Å². The minimum atomic E-state index is -0.459. The number of carbonyl (C=O) groups excluding carboxylic acids is 3. The molecule has 0 fully saturated rings. The molecule has 39 heavy (non-hydrogen) atoms. The minimum absolute atomic E-state index is 0.110. The molecule has 0 radical (unpaired) electrons. The van der Waals surface area contributed by atoms with Crippen LogP contribution < -0.4 is 14.2 Å². The molecule has 1 aliphatic rings. The second-order valence-electron chi connectivity index (χ2n) is 8.81.